The molecule has 0 bridgehead atoms. The number of rotatable bonds is 5. The fourth-order valence-electron chi connectivity index (χ4n) is 2.59. The highest BCUT2D eigenvalue weighted by atomic mass is 16.5. The Morgan fingerprint density at radius 3 is 2.43 bits per heavy atom. The van der Waals surface area contributed by atoms with Gasteiger partial charge < -0.3 is 19.8 Å². The van der Waals surface area contributed by atoms with Crippen LogP contribution in [0.1, 0.15) is 48.6 Å². The topological polar surface area (TPSA) is 76.4 Å². The molecule has 6 heteroatoms. The molecule has 23 heavy (non-hydrogen) atoms. The number of aromatic nitrogens is 1. The van der Waals surface area contributed by atoms with E-state index in [1.54, 1.807) is 19.5 Å². The Hall–Kier alpha value is -2.50. The minimum atomic E-state index is -0.248. The number of aryl methyl sites for hydroxylation is 2. The Morgan fingerprint density at radius 1 is 1.22 bits per heavy atom. The maximum Gasteiger partial charge on any atom is 0.315 e. The van der Waals surface area contributed by atoms with Crippen molar-refractivity contribution in [3.63, 3.8) is 0 Å². The van der Waals surface area contributed by atoms with E-state index in [1.165, 1.54) is 0 Å². The van der Waals surface area contributed by atoms with Gasteiger partial charge in [-0.2, -0.15) is 0 Å². The van der Waals surface area contributed by atoms with Gasteiger partial charge >= 0.3 is 6.03 Å². The Bertz CT molecular complexity index is 681. The first-order chi connectivity index (χ1) is 10.9. The van der Waals surface area contributed by atoms with Gasteiger partial charge in [-0.15, -0.1) is 0 Å². The molecular formula is C17H23N3O3. The van der Waals surface area contributed by atoms with Crippen LogP contribution in [0.4, 0.5) is 4.79 Å². The summed E-state index contributed by atoms with van der Waals surface area (Å²) in [4.78, 5) is 16.2. The number of nitrogens with one attached hydrogen (secondary N) is 2. The second-order valence-electron chi connectivity index (χ2n) is 5.55. The smallest absolute Gasteiger partial charge is 0.315 e. The number of furan rings is 1. The molecule has 0 radical (unpaired) electrons. The van der Waals surface area contributed by atoms with E-state index >= 15 is 0 Å². The second kappa shape index (κ2) is 7.17. The molecule has 2 unspecified atom stereocenters. The number of hydrogen-bond acceptors (Lipinski definition) is 4. The Morgan fingerprint density at radius 2 is 1.87 bits per heavy atom. The van der Waals surface area contributed by atoms with Gasteiger partial charge in [0.15, 0.2) is 0 Å². The van der Waals surface area contributed by atoms with E-state index in [-0.39, 0.29) is 18.1 Å². The molecule has 2 N–H and O–H groups in total. The summed E-state index contributed by atoms with van der Waals surface area (Å²) in [5.41, 5.74) is 1.85. The molecule has 0 aliphatic rings. The Labute approximate surface area is 136 Å². The van der Waals surface area contributed by atoms with Crippen LogP contribution in [-0.4, -0.2) is 18.1 Å². The minimum absolute atomic E-state index is 0.140. The largest absolute Gasteiger partial charge is 0.495 e. The first-order valence-corrected chi connectivity index (χ1v) is 7.54. The monoisotopic (exact) mass is 317 g/mol. The number of carbonyl (C=O) groups excluding carboxylic acids is 1. The second-order valence-corrected chi connectivity index (χ2v) is 5.55. The lowest BCUT2D eigenvalue weighted by Crippen LogP contribution is -2.38. The van der Waals surface area contributed by atoms with Gasteiger partial charge in [-0.1, -0.05) is 0 Å². The molecule has 2 rings (SSSR count). The summed E-state index contributed by atoms with van der Waals surface area (Å²) in [5.74, 6) is 2.30. The molecule has 124 valence electrons. The fraction of sp³-hybridized carbons (Fsp3) is 0.412. The predicted molar refractivity (Wildman–Crippen MR) is 87.5 cm³/mol. The first kappa shape index (κ1) is 16.9. The van der Waals surface area contributed by atoms with Crippen molar-refractivity contribution >= 4 is 6.03 Å². The van der Waals surface area contributed by atoms with Crippen molar-refractivity contribution in [1.29, 1.82) is 0 Å². The quantitative estimate of drug-likeness (QED) is 0.886. The molecule has 0 saturated carbocycles. The lowest BCUT2D eigenvalue weighted by molar-refractivity contribution is 0.234. The predicted octanol–water partition coefficient (Wildman–Crippen LogP) is 3.42. The van der Waals surface area contributed by atoms with Gasteiger partial charge in [0.05, 0.1) is 25.4 Å². The summed E-state index contributed by atoms with van der Waals surface area (Å²) in [6.07, 6.45) is 3.31. The average molecular weight is 317 g/mol. The first-order valence-electron chi connectivity index (χ1n) is 7.54. The van der Waals surface area contributed by atoms with E-state index < -0.39 is 0 Å². The summed E-state index contributed by atoms with van der Waals surface area (Å²) < 4.78 is 10.8. The standard InChI is InChI=1S/C17H23N3O3/c1-10-8-15(13(4)23-10)12(3)20-17(21)19-11(2)14-6-7-18-9-16(14)22-5/h6-9,11-12H,1-5H3,(H2,19,20,21). The van der Waals surface area contributed by atoms with Crippen LogP contribution in [0, 0.1) is 13.8 Å². The number of amides is 2. The van der Waals surface area contributed by atoms with Crippen molar-refractivity contribution in [2.24, 2.45) is 0 Å². The molecule has 0 spiro atoms. The zero-order chi connectivity index (χ0) is 17.0. The highest BCUT2D eigenvalue weighted by Gasteiger charge is 2.18. The number of methoxy groups -OCH3 is 1. The van der Waals surface area contributed by atoms with E-state index in [1.807, 2.05) is 39.8 Å². The molecule has 0 saturated heterocycles. The van der Waals surface area contributed by atoms with Gasteiger partial charge in [-0.25, -0.2) is 4.79 Å². The van der Waals surface area contributed by atoms with E-state index in [4.69, 9.17) is 9.15 Å². The third kappa shape index (κ3) is 4.03. The lowest BCUT2D eigenvalue weighted by atomic mass is 10.1. The molecule has 2 amide bonds. The normalized spacial score (nSPS) is 13.3. The SMILES string of the molecule is COc1cnccc1C(C)NC(=O)NC(C)c1cc(C)oc1C. The number of carbonyl (C=O) groups is 1. The van der Waals surface area contributed by atoms with Crippen LogP contribution < -0.4 is 15.4 Å². The van der Waals surface area contributed by atoms with Gasteiger partial charge in [0.1, 0.15) is 17.3 Å². The maximum atomic E-state index is 12.2. The molecule has 0 fully saturated rings. The minimum Gasteiger partial charge on any atom is -0.495 e. The van der Waals surface area contributed by atoms with Gasteiger partial charge in [0, 0.05) is 17.3 Å². The molecule has 2 aromatic heterocycles. The van der Waals surface area contributed by atoms with E-state index in [9.17, 15) is 4.79 Å². The molecule has 2 aromatic rings. The van der Waals surface area contributed by atoms with Gasteiger partial charge in [0.2, 0.25) is 0 Å². The van der Waals surface area contributed by atoms with Crippen molar-refractivity contribution in [2.45, 2.75) is 39.8 Å². The van der Waals surface area contributed by atoms with Crippen LogP contribution in [0.3, 0.4) is 0 Å². The highest BCUT2D eigenvalue weighted by Crippen LogP contribution is 2.24. The van der Waals surface area contributed by atoms with Crippen LogP contribution >= 0.6 is 0 Å². The molecule has 0 aromatic carbocycles. The molecule has 2 atom stereocenters. The zero-order valence-corrected chi connectivity index (χ0v) is 14.1. The summed E-state index contributed by atoms with van der Waals surface area (Å²) in [5, 5.41) is 5.83. The molecule has 0 aliphatic heterocycles. The van der Waals surface area contributed by atoms with Gasteiger partial charge in [-0.3, -0.25) is 4.98 Å². The number of pyridine rings is 1. The summed E-state index contributed by atoms with van der Waals surface area (Å²) in [7, 11) is 1.58. The Balaban J connectivity index is 2.00. The molecule has 0 aliphatic carbocycles. The zero-order valence-electron chi connectivity index (χ0n) is 14.1. The molecule has 6 nitrogen and oxygen atoms in total. The third-order valence-electron chi connectivity index (χ3n) is 3.74. The average Bonchev–Trinajstić information content (AvgIpc) is 2.85. The third-order valence-corrected chi connectivity index (χ3v) is 3.74. The van der Waals surface area contributed by atoms with Crippen molar-refractivity contribution in [3.8, 4) is 5.75 Å². The van der Waals surface area contributed by atoms with Crippen LogP contribution in [0.5, 0.6) is 5.75 Å². The highest BCUT2D eigenvalue weighted by molar-refractivity contribution is 5.75. The summed E-state index contributed by atoms with van der Waals surface area (Å²) in [6, 6.07) is 3.18. The van der Waals surface area contributed by atoms with Crippen LogP contribution in [0.25, 0.3) is 0 Å². The van der Waals surface area contributed by atoms with E-state index in [2.05, 4.69) is 15.6 Å². The van der Waals surface area contributed by atoms with E-state index in [0.29, 0.717) is 5.75 Å². The van der Waals surface area contributed by atoms with Gasteiger partial charge in [-0.05, 0) is 39.8 Å². The van der Waals surface area contributed by atoms with E-state index in [0.717, 1.165) is 22.6 Å². The number of nitrogens with zero attached hydrogens (tertiary/aromatic N) is 1. The Kier molecular flexibility index (Phi) is 5.26. The fourth-order valence-corrected chi connectivity index (χ4v) is 2.59. The van der Waals surface area contributed by atoms with Crippen LogP contribution in [0.2, 0.25) is 0 Å². The van der Waals surface area contributed by atoms with Crippen LogP contribution in [-0.2, 0) is 0 Å². The summed E-state index contributed by atoms with van der Waals surface area (Å²) in [6.45, 7) is 7.61. The number of ether oxygens (including phenoxy) is 1. The van der Waals surface area contributed by atoms with Crippen molar-refractivity contribution in [1.82, 2.24) is 15.6 Å². The lowest BCUT2D eigenvalue weighted by Gasteiger charge is -2.19. The number of urea groups is 1. The van der Waals surface area contributed by atoms with Gasteiger partial charge in [0.25, 0.3) is 0 Å². The van der Waals surface area contributed by atoms with Crippen molar-refractivity contribution in [2.75, 3.05) is 7.11 Å². The maximum absolute atomic E-state index is 12.2. The molecule has 2 heterocycles. The number of hydrogen-bond donors (Lipinski definition) is 2. The van der Waals surface area contributed by atoms with Crippen LogP contribution in [0.15, 0.2) is 28.9 Å². The summed E-state index contributed by atoms with van der Waals surface area (Å²) >= 11 is 0. The van der Waals surface area contributed by atoms with Crippen molar-refractivity contribution in [3.05, 3.63) is 47.2 Å². The molecular weight excluding hydrogens is 294 g/mol. The van der Waals surface area contributed by atoms with Crippen molar-refractivity contribution < 1.29 is 13.9 Å².